The van der Waals surface area contributed by atoms with Gasteiger partial charge in [0.15, 0.2) is 0 Å². The van der Waals surface area contributed by atoms with E-state index in [0.717, 1.165) is 22.4 Å². The van der Waals surface area contributed by atoms with Crippen molar-refractivity contribution in [2.45, 2.75) is 19.9 Å². The molecule has 1 unspecified atom stereocenters. The van der Waals surface area contributed by atoms with Crippen LogP contribution in [0.1, 0.15) is 24.3 Å². The Bertz CT molecular complexity index is 544. The van der Waals surface area contributed by atoms with Crippen molar-refractivity contribution in [1.82, 2.24) is 5.32 Å². The minimum atomic E-state index is 0.177. The van der Waals surface area contributed by atoms with E-state index in [1.54, 1.807) is 0 Å². The summed E-state index contributed by atoms with van der Waals surface area (Å²) in [4.78, 5) is 0. The van der Waals surface area contributed by atoms with Gasteiger partial charge in [0.05, 0.1) is 6.04 Å². The van der Waals surface area contributed by atoms with Gasteiger partial charge in [-0.15, -0.1) is 0 Å². The van der Waals surface area contributed by atoms with Crippen LogP contribution in [0.15, 0.2) is 39.7 Å². The Kier molecular flexibility index (Phi) is 3.69. The molecule has 90 valence electrons. The van der Waals surface area contributed by atoms with E-state index < -0.39 is 0 Å². The molecule has 1 aromatic carbocycles. The molecule has 2 rings (SSSR count). The number of halogens is 1. The highest BCUT2D eigenvalue weighted by Gasteiger charge is 2.15. The monoisotopic (exact) mass is 293 g/mol. The molecule has 0 amide bonds. The highest BCUT2D eigenvalue weighted by molar-refractivity contribution is 9.11. The summed E-state index contributed by atoms with van der Waals surface area (Å²) in [5.41, 5.74) is 2.16. The predicted molar refractivity (Wildman–Crippen MR) is 75.4 cm³/mol. The summed E-state index contributed by atoms with van der Waals surface area (Å²) >= 11 is 3.34. The summed E-state index contributed by atoms with van der Waals surface area (Å²) in [5.74, 6) is 1.000. The summed E-state index contributed by atoms with van der Waals surface area (Å²) in [6.07, 6.45) is 0. The van der Waals surface area contributed by atoms with Crippen LogP contribution in [0, 0.1) is 6.92 Å². The molecule has 3 heteroatoms. The Morgan fingerprint density at radius 3 is 2.82 bits per heavy atom. The fourth-order valence-corrected chi connectivity index (χ4v) is 2.12. The van der Waals surface area contributed by atoms with Gasteiger partial charge in [0.25, 0.3) is 0 Å². The Morgan fingerprint density at radius 2 is 2.18 bits per heavy atom. The lowest BCUT2D eigenvalue weighted by atomic mass is 10.1. The van der Waals surface area contributed by atoms with Crippen LogP contribution in [0.3, 0.4) is 0 Å². The highest BCUT2D eigenvalue weighted by atomic mass is 79.9. The molecule has 0 spiro atoms. The van der Waals surface area contributed by atoms with Gasteiger partial charge in [-0.1, -0.05) is 40.7 Å². The molecule has 17 heavy (non-hydrogen) atoms. The van der Waals surface area contributed by atoms with Crippen LogP contribution in [0.2, 0.25) is 0 Å². The minimum absolute atomic E-state index is 0.177. The van der Waals surface area contributed by atoms with Crippen LogP contribution >= 0.6 is 15.9 Å². The lowest BCUT2D eigenvalue weighted by Gasteiger charge is -2.11. The first-order valence-corrected chi connectivity index (χ1v) is 6.43. The second-order valence-corrected chi connectivity index (χ2v) is 5.33. The van der Waals surface area contributed by atoms with Gasteiger partial charge in [0.2, 0.25) is 0 Å². The van der Waals surface area contributed by atoms with Gasteiger partial charge in [-0.3, -0.25) is 0 Å². The Balaban J connectivity index is 2.29. The highest BCUT2D eigenvalue weighted by Crippen LogP contribution is 2.29. The second kappa shape index (κ2) is 5.07. The second-order valence-electron chi connectivity index (χ2n) is 4.21. The first kappa shape index (κ1) is 12.4. The number of nitrogens with one attached hydrogen (secondary N) is 1. The van der Waals surface area contributed by atoms with Crippen molar-refractivity contribution in [3.63, 3.8) is 0 Å². The van der Waals surface area contributed by atoms with Crippen molar-refractivity contribution in [2.75, 3.05) is 6.54 Å². The molecule has 1 atom stereocenters. The van der Waals surface area contributed by atoms with E-state index in [0.29, 0.717) is 0 Å². The van der Waals surface area contributed by atoms with E-state index in [9.17, 15) is 0 Å². The molecule has 0 aliphatic rings. The maximum atomic E-state index is 5.89. The van der Waals surface area contributed by atoms with Crippen LogP contribution in [-0.4, -0.2) is 6.54 Å². The molecule has 0 aliphatic carbocycles. The van der Waals surface area contributed by atoms with E-state index >= 15 is 0 Å². The lowest BCUT2D eigenvalue weighted by Crippen LogP contribution is -2.19. The maximum absolute atomic E-state index is 5.89. The number of para-hydroxylation sites is 1. The summed E-state index contributed by atoms with van der Waals surface area (Å²) in [6, 6.07) is 8.30. The smallest absolute Gasteiger partial charge is 0.134 e. The van der Waals surface area contributed by atoms with Crippen molar-refractivity contribution >= 4 is 26.9 Å². The number of benzene rings is 1. The van der Waals surface area contributed by atoms with E-state index in [2.05, 4.69) is 47.7 Å². The molecule has 0 bridgehead atoms. The Morgan fingerprint density at radius 1 is 1.47 bits per heavy atom. The van der Waals surface area contributed by atoms with Crippen molar-refractivity contribution in [1.29, 1.82) is 0 Å². The maximum Gasteiger partial charge on any atom is 0.134 e. The number of furan rings is 1. The normalized spacial score (nSPS) is 12.9. The third kappa shape index (κ3) is 2.61. The van der Waals surface area contributed by atoms with Crippen molar-refractivity contribution in [3.8, 4) is 0 Å². The molecule has 2 nitrogen and oxygen atoms in total. The molecule has 2 aromatic rings. The Labute approximate surface area is 110 Å². The lowest BCUT2D eigenvalue weighted by molar-refractivity contribution is 0.461. The van der Waals surface area contributed by atoms with Crippen molar-refractivity contribution < 1.29 is 4.42 Å². The van der Waals surface area contributed by atoms with E-state index in [1.807, 2.05) is 18.2 Å². The fourth-order valence-electron chi connectivity index (χ4n) is 1.96. The largest absolute Gasteiger partial charge is 0.459 e. The van der Waals surface area contributed by atoms with E-state index in [1.165, 1.54) is 10.9 Å². The van der Waals surface area contributed by atoms with E-state index in [4.69, 9.17) is 4.42 Å². The first-order valence-electron chi connectivity index (χ1n) is 5.64. The SMILES string of the molecule is C=C(Br)CNC(C)c1oc2ccccc2c1C. The van der Waals surface area contributed by atoms with Gasteiger partial charge in [0, 0.05) is 16.4 Å². The van der Waals surface area contributed by atoms with Gasteiger partial charge >= 0.3 is 0 Å². The molecule has 1 N–H and O–H groups in total. The standard InChI is InChI=1S/C14H16BrNO/c1-9(15)8-16-11(3)14-10(2)12-6-4-5-7-13(12)17-14/h4-7,11,16H,1,8H2,2-3H3. The van der Waals surface area contributed by atoms with Gasteiger partial charge in [-0.05, 0) is 25.5 Å². The zero-order valence-corrected chi connectivity index (χ0v) is 11.7. The Hall–Kier alpha value is -1.06. The van der Waals surface area contributed by atoms with Gasteiger partial charge in [0.1, 0.15) is 11.3 Å². The molecule has 0 saturated heterocycles. The first-order chi connectivity index (χ1) is 8.09. The van der Waals surface area contributed by atoms with Crippen molar-refractivity contribution in [2.24, 2.45) is 0 Å². The van der Waals surface area contributed by atoms with Crippen LogP contribution in [0.4, 0.5) is 0 Å². The van der Waals surface area contributed by atoms with Crippen LogP contribution in [-0.2, 0) is 0 Å². The number of hydrogen-bond donors (Lipinski definition) is 1. The predicted octanol–water partition coefficient (Wildman–Crippen LogP) is 4.30. The third-order valence-corrected chi connectivity index (χ3v) is 3.15. The molecule has 0 radical (unpaired) electrons. The van der Waals surface area contributed by atoms with Gasteiger partial charge < -0.3 is 9.73 Å². The number of hydrogen-bond acceptors (Lipinski definition) is 2. The number of aryl methyl sites for hydroxylation is 1. The summed E-state index contributed by atoms with van der Waals surface area (Å²) in [5, 5.41) is 4.55. The molecular formula is C14H16BrNO. The molecular weight excluding hydrogens is 278 g/mol. The average Bonchev–Trinajstić information content (AvgIpc) is 2.64. The fraction of sp³-hybridized carbons (Fsp3) is 0.286. The van der Waals surface area contributed by atoms with Crippen molar-refractivity contribution in [3.05, 3.63) is 46.7 Å². The minimum Gasteiger partial charge on any atom is -0.459 e. The summed E-state index contributed by atoms with van der Waals surface area (Å²) < 4.78 is 6.83. The molecule has 1 heterocycles. The zero-order valence-electron chi connectivity index (χ0n) is 10.1. The molecule has 1 aromatic heterocycles. The van der Waals surface area contributed by atoms with Crippen LogP contribution < -0.4 is 5.32 Å². The van der Waals surface area contributed by atoms with E-state index in [-0.39, 0.29) is 6.04 Å². The summed E-state index contributed by atoms with van der Waals surface area (Å²) in [7, 11) is 0. The van der Waals surface area contributed by atoms with Crippen LogP contribution in [0.5, 0.6) is 0 Å². The van der Waals surface area contributed by atoms with Gasteiger partial charge in [-0.25, -0.2) is 0 Å². The zero-order chi connectivity index (χ0) is 12.4. The number of rotatable bonds is 4. The third-order valence-electron chi connectivity index (χ3n) is 2.87. The van der Waals surface area contributed by atoms with Gasteiger partial charge in [-0.2, -0.15) is 0 Å². The summed E-state index contributed by atoms with van der Waals surface area (Å²) in [6.45, 7) is 8.74. The molecule has 0 aliphatic heterocycles. The quantitative estimate of drug-likeness (QED) is 0.909. The average molecular weight is 294 g/mol. The molecule has 0 fully saturated rings. The number of fused-ring (bicyclic) bond motifs is 1. The topological polar surface area (TPSA) is 25.2 Å². The molecule has 0 saturated carbocycles. The van der Waals surface area contributed by atoms with Crippen LogP contribution in [0.25, 0.3) is 11.0 Å².